The molecule has 11 heteroatoms. The van der Waals surface area contributed by atoms with Crippen molar-refractivity contribution in [1.82, 2.24) is 23.8 Å². The minimum Gasteiger partial charge on any atom is -0.354 e. The van der Waals surface area contributed by atoms with Crippen molar-refractivity contribution in [1.29, 1.82) is 0 Å². The van der Waals surface area contributed by atoms with Gasteiger partial charge in [0, 0.05) is 38.8 Å². The third-order valence-corrected chi connectivity index (χ3v) is 7.73. The van der Waals surface area contributed by atoms with Crippen LogP contribution in [0.3, 0.4) is 0 Å². The second-order valence-corrected chi connectivity index (χ2v) is 9.93. The van der Waals surface area contributed by atoms with Crippen molar-refractivity contribution in [2.45, 2.75) is 5.75 Å². The average molecular weight is 434 g/mol. The van der Waals surface area contributed by atoms with Crippen LogP contribution in [-0.2, 0) is 22.8 Å². The van der Waals surface area contributed by atoms with Crippen molar-refractivity contribution in [3.63, 3.8) is 0 Å². The van der Waals surface area contributed by atoms with Crippen LogP contribution in [0.1, 0.15) is 5.56 Å². The van der Waals surface area contributed by atoms with Crippen LogP contribution in [0.4, 0.5) is 14.6 Å². The number of benzene rings is 1. The number of halogens is 2. The van der Waals surface area contributed by atoms with Gasteiger partial charge in [-0.25, -0.2) is 36.5 Å². The highest BCUT2D eigenvalue weighted by atomic mass is 32.2. The Kier molecular flexibility index (Phi) is 4.47. The Labute approximate surface area is 172 Å². The average Bonchev–Trinajstić information content (AvgIpc) is 3.38. The normalized spacial score (nSPS) is 22.2. The molecule has 3 aromatic rings. The summed E-state index contributed by atoms with van der Waals surface area (Å²) in [7, 11) is -1.87. The minimum atomic E-state index is -3.74. The standard InChI is InChI=1S/C19H20F2N6O2S/c1-25-11-24-17-18(25)22-10-23-19(17)26-5-13-7-27(8-14(13)6-26)30(28,29)9-12-4-15(20)2-3-16(12)21/h2-4,10-11,13-14H,5-9H2,1H3. The molecule has 0 saturated carbocycles. The molecule has 4 heterocycles. The van der Waals surface area contributed by atoms with Gasteiger partial charge in [0.2, 0.25) is 10.0 Å². The van der Waals surface area contributed by atoms with Crippen LogP contribution in [0.2, 0.25) is 0 Å². The molecule has 2 saturated heterocycles. The summed E-state index contributed by atoms with van der Waals surface area (Å²) >= 11 is 0. The van der Waals surface area contributed by atoms with Crippen molar-refractivity contribution >= 4 is 27.0 Å². The number of rotatable bonds is 4. The molecular weight excluding hydrogens is 414 g/mol. The van der Waals surface area contributed by atoms with Gasteiger partial charge in [-0.2, -0.15) is 0 Å². The lowest BCUT2D eigenvalue weighted by atomic mass is 10.0. The van der Waals surface area contributed by atoms with Gasteiger partial charge < -0.3 is 9.47 Å². The third-order valence-electron chi connectivity index (χ3n) is 5.97. The first-order chi connectivity index (χ1) is 14.3. The fourth-order valence-corrected chi connectivity index (χ4v) is 6.09. The molecule has 5 rings (SSSR count). The molecule has 8 nitrogen and oxygen atoms in total. The van der Waals surface area contributed by atoms with Crippen molar-refractivity contribution in [2.75, 3.05) is 31.1 Å². The van der Waals surface area contributed by atoms with Crippen LogP contribution >= 0.6 is 0 Å². The Morgan fingerprint density at radius 2 is 1.80 bits per heavy atom. The topological polar surface area (TPSA) is 84.2 Å². The molecule has 2 aliphatic heterocycles. The van der Waals surface area contributed by atoms with Crippen LogP contribution in [-0.4, -0.2) is 58.4 Å². The van der Waals surface area contributed by atoms with Crippen molar-refractivity contribution in [3.8, 4) is 0 Å². The first-order valence-corrected chi connectivity index (χ1v) is 11.2. The SMILES string of the molecule is Cn1cnc2c(N3CC4CN(S(=O)(=O)Cc5cc(F)ccc5F)CC4C3)ncnc21. The Hall–Kier alpha value is -2.66. The van der Waals surface area contributed by atoms with Gasteiger partial charge in [0.25, 0.3) is 0 Å². The summed E-state index contributed by atoms with van der Waals surface area (Å²) in [5.74, 6) is -0.863. The van der Waals surface area contributed by atoms with Gasteiger partial charge in [0.1, 0.15) is 18.0 Å². The van der Waals surface area contributed by atoms with Gasteiger partial charge >= 0.3 is 0 Å². The van der Waals surface area contributed by atoms with E-state index in [1.807, 2.05) is 11.6 Å². The van der Waals surface area contributed by atoms with Crippen LogP contribution in [0, 0.1) is 23.5 Å². The van der Waals surface area contributed by atoms with Crippen molar-refractivity contribution in [3.05, 3.63) is 48.1 Å². The van der Waals surface area contributed by atoms with E-state index in [1.54, 1.807) is 6.33 Å². The van der Waals surface area contributed by atoms with Crippen LogP contribution in [0.25, 0.3) is 11.2 Å². The number of sulfonamides is 1. The monoisotopic (exact) mass is 434 g/mol. The number of hydrogen-bond acceptors (Lipinski definition) is 6. The molecule has 30 heavy (non-hydrogen) atoms. The Morgan fingerprint density at radius 3 is 2.53 bits per heavy atom. The van der Waals surface area contributed by atoms with Crippen molar-refractivity contribution in [2.24, 2.45) is 18.9 Å². The molecule has 0 N–H and O–H groups in total. The van der Waals surface area contributed by atoms with Gasteiger partial charge in [-0.05, 0) is 30.0 Å². The summed E-state index contributed by atoms with van der Waals surface area (Å²) in [4.78, 5) is 15.2. The van der Waals surface area contributed by atoms with Gasteiger partial charge in [-0.15, -0.1) is 0 Å². The summed E-state index contributed by atoms with van der Waals surface area (Å²) in [5.41, 5.74) is 1.33. The Morgan fingerprint density at radius 1 is 1.07 bits per heavy atom. The second-order valence-electron chi connectivity index (χ2n) is 7.96. The molecule has 0 amide bonds. The third kappa shape index (κ3) is 3.21. The zero-order chi connectivity index (χ0) is 21.0. The molecule has 1 aromatic carbocycles. The number of anilines is 1. The maximum atomic E-state index is 13.9. The first-order valence-electron chi connectivity index (χ1n) is 9.60. The highest BCUT2D eigenvalue weighted by molar-refractivity contribution is 7.88. The maximum absolute atomic E-state index is 13.9. The predicted molar refractivity (Wildman–Crippen MR) is 106 cm³/mol. The quantitative estimate of drug-likeness (QED) is 0.620. The molecule has 158 valence electrons. The zero-order valence-electron chi connectivity index (χ0n) is 16.2. The Balaban J connectivity index is 1.31. The van der Waals surface area contributed by atoms with Gasteiger partial charge in [-0.1, -0.05) is 0 Å². The second kappa shape index (κ2) is 6.95. The molecule has 0 aliphatic carbocycles. The lowest BCUT2D eigenvalue weighted by Crippen LogP contribution is -2.34. The van der Waals surface area contributed by atoms with E-state index >= 15 is 0 Å². The lowest BCUT2D eigenvalue weighted by Gasteiger charge is -2.22. The van der Waals surface area contributed by atoms with Gasteiger partial charge in [0.15, 0.2) is 17.0 Å². The van der Waals surface area contributed by atoms with E-state index in [9.17, 15) is 17.2 Å². The molecule has 2 fully saturated rings. The minimum absolute atomic E-state index is 0.144. The van der Waals surface area contributed by atoms with E-state index in [1.165, 1.54) is 10.6 Å². The maximum Gasteiger partial charge on any atom is 0.218 e. The van der Waals surface area contributed by atoms with Crippen molar-refractivity contribution < 1.29 is 17.2 Å². The van der Waals surface area contributed by atoms with Gasteiger partial charge in [-0.3, -0.25) is 0 Å². The summed E-state index contributed by atoms with van der Waals surface area (Å²) < 4.78 is 56.2. The molecule has 0 bridgehead atoms. The highest BCUT2D eigenvalue weighted by Gasteiger charge is 2.44. The number of aromatic nitrogens is 4. The fraction of sp³-hybridized carbons (Fsp3) is 0.421. The van der Waals surface area contributed by atoms with E-state index in [0.717, 1.165) is 35.2 Å². The molecule has 0 radical (unpaired) electrons. The van der Waals surface area contributed by atoms with E-state index in [4.69, 9.17) is 0 Å². The summed E-state index contributed by atoms with van der Waals surface area (Å²) in [6.45, 7) is 2.04. The van der Waals surface area contributed by atoms with E-state index in [0.29, 0.717) is 26.2 Å². The summed E-state index contributed by atoms with van der Waals surface area (Å²) in [6.07, 6.45) is 3.21. The molecule has 2 aromatic heterocycles. The van der Waals surface area contributed by atoms with Crippen LogP contribution < -0.4 is 4.90 Å². The number of hydrogen-bond donors (Lipinski definition) is 0. The summed E-state index contributed by atoms with van der Waals surface area (Å²) in [5, 5.41) is 0. The number of imidazole rings is 1. The van der Waals surface area contributed by atoms with E-state index in [-0.39, 0.29) is 17.4 Å². The lowest BCUT2D eigenvalue weighted by molar-refractivity contribution is 0.451. The molecule has 2 atom stereocenters. The molecule has 0 spiro atoms. The molecule has 2 unspecified atom stereocenters. The number of fused-ring (bicyclic) bond motifs is 2. The predicted octanol–water partition coefficient (Wildman–Crippen LogP) is 1.54. The Bertz CT molecular complexity index is 1220. The number of nitrogens with zero attached hydrogens (tertiary/aromatic N) is 6. The van der Waals surface area contributed by atoms with Gasteiger partial charge in [0.05, 0.1) is 12.1 Å². The zero-order valence-corrected chi connectivity index (χ0v) is 17.1. The summed E-state index contributed by atoms with van der Waals surface area (Å²) in [6, 6.07) is 2.88. The van der Waals surface area contributed by atoms with E-state index < -0.39 is 27.4 Å². The van der Waals surface area contributed by atoms with E-state index in [2.05, 4.69) is 19.9 Å². The van der Waals surface area contributed by atoms with Crippen LogP contribution in [0.5, 0.6) is 0 Å². The fourth-order valence-electron chi connectivity index (χ4n) is 4.46. The smallest absolute Gasteiger partial charge is 0.218 e. The largest absolute Gasteiger partial charge is 0.354 e. The number of aryl methyl sites for hydroxylation is 1. The highest BCUT2D eigenvalue weighted by Crippen LogP contribution is 2.36. The first kappa shape index (κ1) is 19.3. The molecule has 2 aliphatic rings. The van der Waals surface area contributed by atoms with Crippen LogP contribution in [0.15, 0.2) is 30.9 Å². The molecular formula is C19H20F2N6O2S.